The molecule has 15 heteroatoms. The zero-order valence-electron chi connectivity index (χ0n) is 13.4. The van der Waals surface area contributed by atoms with E-state index in [0.717, 1.165) is 4.52 Å². The fourth-order valence-corrected chi connectivity index (χ4v) is 2.99. The summed E-state index contributed by atoms with van der Waals surface area (Å²) >= 11 is 0. The van der Waals surface area contributed by atoms with Crippen LogP contribution in [0.5, 0.6) is 5.88 Å². The van der Waals surface area contributed by atoms with Crippen molar-refractivity contribution in [2.24, 2.45) is 0 Å². The van der Waals surface area contributed by atoms with E-state index >= 15 is 0 Å². The fraction of sp³-hybridized carbons (Fsp3) is 0.500. The molecule has 0 saturated carbocycles. The van der Waals surface area contributed by atoms with Gasteiger partial charge in [0.05, 0.1) is 6.20 Å². The number of hydrogen-bond donors (Lipinski definition) is 2. The quantitative estimate of drug-likeness (QED) is 0.556. The summed E-state index contributed by atoms with van der Waals surface area (Å²) in [6, 6.07) is 0.869. The number of carbonyl (C=O) groups is 1. The van der Waals surface area contributed by atoms with Gasteiger partial charge in [0.1, 0.15) is 5.52 Å². The van der Waals surface area contributed by atoms with Gasteiger partial charge in [0.15, 0.2) is 0 Å². The number of hydrogen-bond acceptors (Lipinski definition) is 8. The van der Waals surface area contributed by atoms with Gasteiger partial charge < -0.3 is 19.5 Å². The Morgan fingerprint density at radius 3 is 2.78 bits per heavy atom. The third-order valence-corrected chi connectivity index (χ3v) is 4.74. The Hall–Kier alpha value is -2.84. The molecule has 0 aromatic carbocycles. The van der Waals surface area contributed by atoms with Gasteiger partial charge in [-0.2, -0.15) is 31.2 Å². The number of amides is 1. The van der Waals surface area contributed by atoms with Gasteiger partial charge in [-0.15, -0.1) is 10.2 Å². The van der Waals surface area contributed by atoms with Crippen molar-refractivity contribution in [1.82, 2.24) is 24.7 Å². The molecule has 3 rings (SSSR count). The molecular formula is C12H13F3N6O5S. The monoisotopic (exact) mass is 410 g/mol. The van der Waals surface area contributed by atoms with Crippen LogP contribution in [0.4, 0.5) is 23.9 Å². The maximum atomic E-state index is 12.5. The summed E-state index contributed by atoms with van der Waals surface area (Å²) in [5, 5.41) is 22.8. The van der Waals surface area contributed by atoms with Crippen LogP contribution in [0.15, 0.2) is 12.3 Å². The fourth-order valence-electron chi connectivity index (χ4n) is 2.57. The standard InChI is InChI=1S/C12H13F3N6O5S/c13-12(14,15)27(24,25)26-9-8-3-4-16-21(8)10(19-18-9)17-7-2-1-5-20(6-7)11(22)23/h3-4,7H,1-2,5-6H2,(H,17,19)(H,22,23). The molecule has 27 heavy (non-hydrogen) atoms. The Labute approximate surface area is 149 Å². The van der Waals surface area contributed by atoms with Crippen molar-refractivity contribution in [2.45, 2.75) is 24.4 Å². The van der Waals surface area contributed by atoms with Gasteiger partial charge in [0.2, 0.25) is 5.95 Å². The third kappa shape index (κ3) is 3.81. The van der Waals surface area contributed by atoms with E-state index in [9.17, 15) is 26.4 Å². The van der Waals surface area contributed by atoms with Crippen molar-refractivity contribution in [1.29, 1.82) is 0 Å². The largest absolute Gasteiger partial charge is 0.534 e. The Bertz CT molecular complexity index is 962. The van der Waals surface area contributed by atoms with Gasteiger partial charge in [-0.3, -0.25) is 0 Å². The molecule has 2 aromatic heterocycles. The molecule has 1 atom stereocenters. The number of anilines is 1. The summed E-state index contributed by atoms with van der Waals surface area (Å²) in [5.41, 5.74) is -5.78. The van der Waals surface area contributed by atoms with E-state index in [2.05, 4.69) is 24.8 Å². The van der Waals surface area contributed by atoms with E-state index in [4.69, 9.17) is 5.11 Å². The van der Waals surface area contributed by atoms with Crippen LogP contribution < -0.4 is 9.50 Å². The molecule has 1 fully saturated rings. The highest BCUT2D eigenvalue weighted by Gasteiger charge is 2.49. The van der Waals surface area contributed by atoms with Crippen LogP contribution in [0, 0.1) is 0 Å². The molecule has 1 aliphatic rings. The SMILES string of the molecule is O=C(O)N1CCCC(Nc2nnc(OS(=O)(=O)C(F)(F)F)c3ccnn23)C1. The summed E-state index contributed by atoms with van der Waals surface area (Å²) in [6.07, 6.45) is 1.35. The minimum absolute atomic E-state index is 0.00370. The van der Waals surface area contributed by atoms with Crippen molar-refractivity contribution in [3.05, 3.63) is 12.3 Å². The number of aromatic nitrogens is 4. The predicted octanol–water partition coefficient (Wildman–Crippen LogP) is 0.907. The molecule has 0 bridgehead atoms. The number of halogens is 3. The lowest BCUT2D eigenvalue weighted by atomic mass is 10.1. The molecule has 0 spiro atoms. The molecule has 3 heterocycles. The molecule has 2 aromatic rings. The van der Waals surface area contributed by atoms with Crippen molar-refractivity contribution in [2.75, 3.05) is 18.4 Å². The second-order valence-electron chi connectivity index (χ2n) is 5.65. The number of likely N-dealkylation sites (tertiary alicyclic amines) is 1. The number of alkyl halides is 3. The van der Waals surface area contributed by atoms with Crippen molar-refractivity contribution < 1.29 is 35.7 Å². The Kier molecular flexibility index (Phi) is 4.71. The summed E-state index contributed by atoms with van der Waals surface area (Å²) < 4.78 is 64.8. The highest BCUT2D eigenvalue weighted by atomic mass is 32.2. The maximum Gasteiger partial charge on any atom is 0.534 e. The molecule has 0 radical (unpaired) electrons. The van der Waals surface area contributed by atoms with Crippen molar-refractivity contribution in [3.63, 3.8) is 0 Å². The molecule has 1 saturated heterocycles. The first-order valence-corrected chi connectivity index (χ1v) is 8.95. The lowest BCUT2D eigenvalue weighted by molar-refractivity contribution is -0.0501. The zero-order valence-corrected chi connectivity index (χ0v) is 14.2. The van der Waals surface area contributed by atoms with Crippen molar-refractivity contribution in [3.8, 4) is 5.88 Å². The Morgan fingerprint density at radius 2 is 2.11 bits per heavy atom. The first kappa shape index (κ1) is 18.9. The predicted molar refractivity (Wildman–Crippen MR) is 82.6 cm³/mol. The molecule has 2 N–H and O–H groups in total. The van der Waals surface area contributed by atoms with Crippen LogP contribution in [0.25, 0.3) is 5.52 Å². The van der Waals surface area contributed by atoms with Crippen LogP contribution in [0.1, 0.15) is 12.8 Å². The Morgan fingerprint density at radius 1 is 1.37 bits per heavy atom. The minimum Gasteiger partial charge on any atom is -0.465 e. The van der Waals surface area contributed by atoms with Crippen LogP contribution in [0.3, 0.4) is 0 Å². The highest BCUT2D eigenvalue weighted by Crippen LogP contribution is 2.28. The van der Waals surface area contributed by atoms with Crippen LogP contribution in [-0.2, 0) is 10.1 Å². The lowest BCUT2D eigenvalue weighted by Crippen LogP contribution is -2.44. The number of piperidine rings is 1. The average Bonchev–Trinajstić information content (AvgIpc) is 3.06. The molecule has 11 nitrogen and oxygen atoms in total. The molecule has 1 unspecified atom stereocenters. The third-order valence-electron chi connectivity index (χ3n) is 3.80. The minimum atomic E-state index is -5.91. The van der Waals surface area contributed by atoms with Gasteiger partial charge >= 0.3 is 21.7 Å². The maximum absolute atomic E-state index is 12.5. The normalized spacial score (nSPS) is 18.5. The van der Waals surface area contributed by atoms with E-state index < -0.39 is 27.6 Å². The van der Waals surface area contributed by atoms with Crippen molar-refractivity contribution >= 4 is 27.7 Å². The zero-order chi connectivity index (χ0) is 19.8. The van der Waals surface area contributed by atoms with E-state index in [1.165, 1.54) is 17.2 Å². The van der Waals surface area contributed by atoms with Gasteiger partial charge in [-0.25, -0.2) is 4.79 Å². The number of fused-ring (bicyclic) bond motifs is 1. The van der Waals surface area contributed by atoms with Gasteiger partial charge in [-0.1, -0.05) is 0 Å². The number of nitrogens with one attached hydrogen (secondary N) is 1. The average molecular weight is 410 g/mol. The van der Waals surface area contributed by atoms with E-state index in [1.54, 1.807) is 0 Å². The number of rotatable bonds is 4. The topological polar surface area (TPSA) is 139 Å². The highest BCUT2D eigenvalue weighted by molar-refractivity contribution is 7.88. The van der Waals surface area contributed by atoms with E-state index in [1.807, 2.05) is 0 Å². The second-order valence-corrected chi connectivity index (χ2v) is 7.19. The summed E-state index contributed by atoms with van der Waals surface area (Å²) in [6.45, 7) is 0.554. The first-order valence-electron chi connectivity index (χ1n) is 7.54. The summed E-state index contributed by atoms with van der Waals surface area (Å²) in [5.74, 6) is -0.879. The molecule has 0 aliphatic carbocycles. The number of carboxylic acid groups (broad SMARTS) is 1. The lowest BCUT2D eigenvalue weighted by Gasteiger charge is -2.31. The Balaban J connectivity index is 1.86. The van der Waals surface area contributed by atoms with Gasteiger partial charge in [0.25, 0.3) is 5.88 Å². The van der Waals surface area contributed by atoms with Gasteiger partial charge in [-0.05, 0) is 18.9 Å². The molecule has 1 amide bonds. The van der Waals surface area contributed by atoms with E-state index in [0.29, 0.717) is 19.4 Å². The second kappa shape index (κ2) is 6.71. The first-order chi connectivity index (χ1) is 12.6. The van der Waals surface area contributed by atoms with Crippen LogP contribution in [0.2, 0.25) is 0 Å². The van der Waals surface area contributed by atoms with E-state index in [-0.39, 0.29) is 24.1 Å². The number of nitrogens with zero attached hydrogens (tertiary/aromatic N) is 5. The van der Waals surface area contributed by atoms with Gasteiger partial charge in [0, 0.05) is 19.1 Å². The molecule has 148 valence electrons. The molecule has 1 aliphatic heterocycles. The smallest absolute Gasteiger partial charge is 0.465 e. The molecular weight excluding hydrogens is 397 g/mol. The van der Waals surface area contributed by atoms with Crippen LogP contribution in [-0.4, -0.2) is 69.0 Å². The van der Waals surface area contributed by atoms with Crippen LogP contribution >= 0.6 is 0 Å². The summed E-state index contributed by atoms with van der Waals surface area (Å²) in [4.78, 5) is 12.3. The summed E-state index contributed by atoms with van der Waals surface area (Å²) in [7, 11) is -5.91.